The summed E-state index contributed by atoms with van der Waals surface area (Å²) in [7, 11) is 0. The van der Waals surface area contributed by atoms with E-state index in [2.05, 4.69) is 55.5 Å². The zero-order chi connectivity index (χ0) is 38.9. The fraction of sp³-hybridized carbons (Fsp3) is 0.118. The van der Waals surface area contributed by atoms with E-state index >= 15 is 0 Å². The molecule has 6 heteroatoms. The van der Waals surface area contributed by atoms with E-state index in [1.165, 1.54) is 0 Å². The van der Waals surface area contributed by atoms with E-state index < -0.39 is 0 Å². The van der Waals surface area contributed by atoms with Gasteiger partial charge in [0.15, 0.2) is 13.5 Å². The van der Waals surface area contributed by atoms with Crippen LogP contribution < -0.4 is 14.2 Å². The number of unbranched alkanes of at least 4 members (excludes halogenated alkanes) is 1. The van der Waals surface area contributed by atoms with Crippen molar-refractivity contribution in [1.82, 2.24) is 0 Å². The first kappa shape index (κ1) is 38.2. The lowest BCUT2D eigenvalue weighted by Crippen LogP contribution is -2.08. The van der Waals surface area contributed by atoms with Crippen LogP contribution in [-0.2, 0) is 0 Å². The molecule has 0 N–H and O–H groups in total. The van der Waals surface area contributed by atoms with Crippen LogP contribution in [0.3, 0.4) is 0 Å². The van der Waals surface area contributed by atoms with Crippen LogP contribution in [0.25, 0.3) is 0 Å². The zero-order valence-electron chi connectivity index (χ0n) is 32.1. The topological polar surface area (TPSA) is 64.8 Å². The van der Waals surface area contributed by atoms with Gasteiger partial charge in [0.2, 0.25) is 0 Å². The van der Waals surface area contributed by atoms with Gasteiger partial charge in [-0.25, -0.2) is 15.0 Å². The van der Waals surface area contributed by atoms with Crippen molar-refractivity contribution < 1.29 is 14.2 Å². The first-order valence-corrected chi connectivity index (χ1v) is 19.3. The van der Waals surface area contributed by atoms with Gasteiger partial charge < -0.3 is 14.2 Å². The smallest absolute Gasteiger partial charge is 0.179 e. The molecule has 7 aromatic rings. The summed E-state index contributed by atoms with van der Waals surface area (Å²) in [4.78, 5) is 14.8. The second-order valence-corrected chi connectivity index (χ2v) is 13.2. The number of benzene rings is 7. The minimum Gasteiger partial charge on any atom is -0.494 e. The molecule has 0 atom stereocenters. The van der Waals surface area contributed by atoms with Crippen molar-refractivity contribution in [3.8, 4) is 17.2 Å². The Labute approximate surface area is 335 Å². The standard InChI is InChI=1S/C51H45N3O3/c1-2-3-36-55-46-30-24-42(25-31-46)49(39-16-8-4-9-17-39)52-37-56-47-32-26-43(27-33-47)50(40-18-10-5-11-19-40)53-38-57-48-34-28-44(29-35-48)51(41-20-12-6-13-21-41)54-45-22-14-7-15-23-45/h4-35H,2-3,36-38H2,1H3/b52-49-,53-50-,54-51?. The van der Waals surface area contributed by atoms with Crippen LogP contribution in [0.4, 0.5) is 5.69 Å². The Morgan fingerprint density at radius 1 is 0.368 bits per heavy atom. The van der Waals surface area contributed by atoms with E-state index in [1.54, 1.807) is 0 Å². The number of rotatable bonds is 17. The van der Waals surface area contributed by atoms with Crippen molar-refractivity contribution in [2.75, 3.05) is 20.1 Å². The molecule has 0 spiro atoms. The molecule has 0 aromatic heterocycles. The average molecular weight is 748 g/mol. The summed E-state index contributed by atoms with van der Waals surface area (Å²) in [5, 5.41) is 0. The van der Waals surface area contributed by atoms with Gasteiger partial charge in [-0.3, -0.25) is 0 Å². The van der Waals surface area contributed by atoms with Crippen LogP contribution >= 0.6 is 0 Å². The maximum absolute atomic E-state index is 6.17. The maximum Gasteiger partial charge on any atom is 0.179 e. The molecule has 7 rings (SSSR count). The number of aliphatic imine (C=N–C) groups is 3. The van der Waals surface area contributed by atoms with Crippen LogP contribution in [0, 0.1) is 0 Å². The molecule has 7 aromatic carbocycles. The van der Waals surface area contributed by atoms with Crippen molar-refractivity contribution in [1.29, 1.82) is 0 Å². The Morgan fingerprint density at radius 3 is 1.11 bits per heavy atom. The molecule has 0 aliphatic rings. The van der Waals surface area contributed by atoms with Gasteiger partial charge in [-0.15, -0.1) is 0 Å². The number of ether oxygens (including phenoxy) is 3. The highest BCUT2D eigenvalue weighted by molar-refractivity contribution is 6.14. The minimum absolute atomic E-state index is 0.147. The molecule has 0 saturated carbocycles. The molecule has 6 nitrogen and oxygen atoms in total. The van der Waals surface area contributed by atoms with Gasteiger partial charge in [0.05, 0.1) is 29.4 Å². The van der Waals surface area contributed by atoms with Crippen LogP contribution in [0.5, 0.6) is 17.2 Å². The Kier molecular flexibility index (Phi) is 13.4. The van der Waals surface area contributed by atoms with Crippen molar-refractivity contribution >= 4 is 22.8 Å². The summed E-state index contributed by atoms with van der Waals surface area (Å²) in [5.41, 5.74) is 9.48. The van der Waals surface area contributed by atoms with E-state index in [4.69, 9.17) is 29.2 Å². The summed E-state index contributed by atoms with van der Waals surface area (Å²) in [6, 6.07) is 64.6. The van der Waals surface area contributed by atoms with Gasteiger partial charge in [-0.2, -0.15) is 0 Å². The highest BCUT2D eigenvalue weighted by atomic mass is 16.5. The summed E-state index contributed by atoms with van der Waals surface area (Å²) in [5.74, 6) is 2.29. The first-order valence-electron chi connectivity index (χ1n) is 19.3. The molecule has 57 heavy (non-hydrogen) atoms. The Bertz CT molecular complexity index is 2360. The van der Waals surface area contributed by atoms with Crippen molar-refractivity contribution in [3.05, 3.63) is 228 Å². The van der Waals surface area contributed by atoms with Gasteiger partial charge in [-0.05, 0) is 91.3 Å². The highest BCUT2D eigenvalue weighted by Gasteiger charge is 2.11. The van der Waals surface area contributed by atoms with Gasteiger partial charge in [0.25, 0.3) is 0 Å². The molecular formula is C51H45N3O3. The van der Waals surface area contributed by atoms with Gasteiger partial charge >= 0.3 is 0 Å². The van der Waals surface area contributed by atoms with Crippen LogP contribution in [0.2, 0.25) is 0 Å². The predicted molar refractivity (Wildman–Crippen MR) is 233 cm³/mol. The lowest BCUT2D eigenvalue weighted by Gasteiger charge is -2.12. The molecule has 0 heterocycles. The Hall–Kier alpha value is -7.05. The van der Waals surface area contributed by atoms with Crippen LogP contribution in [-0.4, -0.2) is 37.2 Å². The summed E-state index contributed by atoms with van der Waals surface area (Å²) in [6.07, 6.45) is 2.13. The quantitative estimate of drug-likeness (QED) is 0.0688. The second-order valence-electron chi connectivity index (χ2n) is 13.2. The molecule has 0 saturated heterocycles. The monoisotopic (exact) mass is 747 g/mol. The van der Waals surface area contributed by atoms with Crippen LogP contribution in [0.1, 0.15) is 53.1 Å². The number of hydrogen-bond acceptors (Lipinski definition) is 6. The van der Waals surface area contributed by atoms with E-state index in [9.17, 15) is 0 Å². The molecule has 0 aliphatic heterocycles. The number of hydrogen-bond donors (Lipinski definition) is 0. The largest absolute Gasteiger partial charge is 0.494 e. The molecule has 0 radical (unpaired) electrons. The maximum atomic E-state index is 6.17. The van der Waals surface area contributed by atoms with Crippen molar-refractivity contribution in [2.45, 2.75) is 19.8 Å². The molecule has 282 valence electrons. The minimum atomic E-state index is 0.147. The highest BCUT2D eigenvalue weighted by Crippen LogP contribution is 2.22. The molecule has 0 unspecified atom stereocenters. The number of nitrogens with zero attached hydrogens (tertiary/aromatic N) is 3. The fourth-order valence-electron chi connectivity index (χ4n) is 6.22. The molecule has 0 bridgehead atoms. The first-order chi connectivity index (χ1) is 28.2. The lowest BCUT2D eigenvalue weighted by atomic mass is 10.0. The second kappa shape index (κ2) is 20.0. The molecular weight excluding hydrogens is 703 g/mol. The van der Waals surface area contributed by atoms with Crippen molar-refractivity contribution in [3.63, 3.8) is 0 Å². The normalized spacial score (nSPS) is 11.9. The Balaban J connectivity index is 1.04. The molecule has 0 fully saturated rings. The third-order valence-electron chi connectivity index (χ3n) is 9.20. The van der Waals surface area contributed by atoms with E-state index in [1.807, 2.05) is 146 Å². The van der Waals surface area contributed by atoms with E-state index in [0.717, 1.165) is 80.5 Å². The third kappa shape index (κ3) is 10.8. The average Bonchev–Trinajstić information content (AvgIpc) is 3.28. The van der Waals surface area contributed by atoms with Gasteiger partial charge in [0, 0.05) is 33.4 Å². The number of para-hydroxylation sites is 1. The third-order valence-corrected chi connectivity index (χ3v) is 9.20. The summed E-state index contributed by atoms with van der Waals surface area (Å²) in [6.45, 7) is 3.18. The van der Waals surface area contributed by atoms with Gasteiger partial charge in [0.1, 0.15) is 17.2 Å². The van der Waals surface area contributed by atoms with Crippen molar-refractivity contribution in [2.24, 2.45) is 15.0 Å². The van der Waals surface area contributed by atoms with Crippen LogP contribution in [0.15, 0.2) is 209 Å². The zero-order valence-corrected chi connectivity index (χ0v) is 32.1. The lowest BCUT2D eigenvalue weighted by molar-refractivity contribution is 0.309. The fourth-order valence-corrected chi connectivity index (χ4v) is 6.22. The summed E-state index contributed by atoms with van der Waals surface area (Å²) >= 11 is 0. The molecule has 0 amide bonds. The molecule has 0 aliphatic carbocycles. The Morgan fingerprint density at radius 2 is 0.702 bits per heavy atom. The van der Waals surface area contributed by atoms with E-state index in [0.29, 0.717) is 12.4 Å². The summed E-state index contributed by atoms with van der Waals surface area (Å²) < 4.78 is 18.2. The van der Waals surface area contributed by atoms with Gasteiger partial charge in [-0.1, -0.05) is 123 Å². The predicted octanol–water partition coefficient (Wildman–Crippen LogP) is 11.8. The SMILES string of the molecule is CCCCOc1ccc(/C(=N\COc2ccc(/C(=N\COc3ccc(C(=Nc4ccccc4)c4ccccc4)cc3)c3ccccc3)cc2)c2ccccc2)cc1. The van der Waals surface area contributed by atoms with E-state index in [-0.39, 0.29) is 13.5 Å².